The molecule has 0 saturated heterocycles. The van der Waals surface area contributed by atoms with E-state index in [0.29, 0.717) is 17.9 Å². The Morgan fingerprint density at radius 1 is 1.38 bits per heavy atom. The molecule has 0 saturated carbocycles. The number of rotatable bonds is 7. The Labute approximate surface area is 123 Å². The summed E-state index contributed by atoms with van der Waals surface area (Å²) in [5.41, 5.74) is 5.87. The predicted octanol–water partition coefficient (Wildman–Crippen LogP) is 1.35. The van der Waals surface area contributed by atoms with E-state index < -0.39 is 11.9 Å². The first kappa shape index (κ1) is 16.6. The van der Waals surface area contributed by atoms with Gasteiger partial charge in [0.2, 0.25) is 0 Å². The van der Waals surface area contributed by atoms with E-state index in [1.807, 2.05) is 6.92 Å². The van der Waals surface area contributed by atoms with Gasteiger partial charge in [-0.05, 0) is 18.6 Å². The van der Waals surface area contributed by atoms with Crippen molar-refractivity contribution >= 4 is 11.7 Å². The Bertz CT molecular complexity index is 495. The maximum atomic E-state index is 12.4. The molecule has 0 radical (unpaired) electrons. The Morgan fingerprint density at radius 3 is 2.38 bits per heavy atom. The maximum absolute atomic E-state index is 12.4. The van der Waals surface area contributed by atoms with Crippen LogP contribution in [0.1, 0.15) is 30.1 Å². The molecular weight excluding hydrogens is 274 g/mol. The van der Waals surface area contributed by atoms with Crippen LogP contribution in [0.15, 0.2) is 23.4 Å². The first-order valence-corrected chi connectivity index (χ1v) is 6.58. The molecule has 7 heteroatoms. The van der Waals surface area contributed by atoms with Gasteiger partial charge in [0.15, 0.2) is 5.84 Å². The number of amidine groups is 1. The molecule has 4 N–H and O–H groups in total. The molecule has 0 aliphatic heterocycles. The van der Waals surface area contributed by atoms with Crippen LogP contribution in [0.4, 0.5) is 0 Å². The van der Waals surface area contributed by atoms with E-state index >= 15 is 0 Å². The van der Waals surface area contributed by atoms with Crippen molar-refractivity contribution in [2.45, 2.75) is 25.8 Å². The van der Waals surface area contributed by atoms with Crippen molar-refractivity contribution < 1.29 is 19.5 Å². The number of oxime groups is 1. The lowest BCUT2D eigenvalue weighted by Gasteiger charge is -2.18. The van der Waals surface area contributed by atoms with Crippen molar-refractivity contribution in [1.29, 1.82) is 0 Å². The zero-order valence-electron chi connectivity index (χ0n) is 12.4. The Kier molecular flexibility index (Phi) is 6.32. The number of hydrogen-bond acceptors (Lipinski definition) is 5. The van der Waals surface area contributed by atoms with Crippen LogP contribution >= 0.6 is 0 Å². The molecule has 0 bridgehead atoms. The molecule has 0 aliphatic rings. The Morgan fingerprint density at radius 2 is 1.95 bits per heavy atom. The predicted molar refractivity (Wildman–Crippen MR) is 79.1 cm³/mol. The van der Waals surface area contributed by atoms with Gasteiger partial charge < -0.3 is 25.7 Å². The van der Waals surface area contributed by atoms with Crippen LogP contribution in [0.5, 0.6) is 11.5 Å². The molecule has 1 aromatic carbocycles. The van der Waals surface area contributed by atoms with Crippen molar-refractivity contribution in [3.8, 4) is 11.5 Å². The smallest absolute Gasteiger partial charge is 0.259 e. The van der Waals surface area contributed by atoms with Crippen molar-refractivity contribution in [3.63, 3.8) is 0 Å². The number of hydrogen-bond donors (Lipinski definition) is 3. The maximum Gasteiger partial charge on any atom is 0.259 e. The lowest BCUT2D eigenvalue weighted by atomic mass is 10.1. The van der Waals surface area contributed by atoms with E-state index in [-0.39, 0.29) is 11.4 Å². The number of amides is 1. The highest BCUT2D eigenvalue weighted by Crippen LogP contribution is 2.28. The lowest BCUT2D eigenvalue weighted by molar-refractivity contribution is 0.0938. The number of carbonyl (C=O) groups excluding carboxylic acids is 1. The molecule has 21 heavy (non-hydrogen) atoms. The van der Waals surface area contributed by atoms with Crippen molar-refractivity contribution in [1.82, 2.24) is 5.32 Å². The molecule has 7 nitrogen and oxygen atoms in total. The highest BCUT2D eigenvalue weighted by molar-refractivity contribution is 6.02. The van der Waals surface area contributed by atoms with Gasteiger partial charge >= 0.3 is 0 Å². The minimum Gasteiger partial charge on any atom is -0.496 e. The molecule has 0 fully saturated rings. The Balaban J connectivity index is 3.07. The largest absolute Gasteiger partial charge is 0.496 e. The van der Waals surface area contributed by atoms with Gasteiger partial charge in [-0.1, -0.05) is 24.6 Å². The number of carbonyl (C=O) groups is 1. The van der Waals surface area contributed by atoms with Gasteiger partial charge in [-0.25, -0.2) is 0 Å². The average molecular weight is 295 g/mol. The third-order valence-electron chi connectivity index (χ3n) is 3.01. The van der Waals surface area contributed by atoms with Crippen molar-refractivity contribution in [2.24, 2.45) is 10.9 Å². The fourth-order valence-corrected chi connectivity index (χ4v) is 1.96. The third kappa shape index (κ3) is 4.01. The van der Waals surface area contributed by atoms with Gasteiger partial charge in [0.1, 0.15) is 17.1 Å². The first-order chi connectivity index (χ1) is 10.1. The molecule has 1 aromatic rings. The van der Waals surface area contributed by atoms with Gasteiger partial charge in [0.05, 0.1) is 20.3 Å². The molecule has 1 atom stereocenters. The monoisotopic (exact) mass is 295 g/mol. The van der Waals surface area contributed by atoms with Gasteiger partial charge in [0, 0.05) is 0 Å². The minimum absolute atomic E-state index is 0.0425. The minimum atomic E-state index is -0.554. The summed E-state index contributed by atoms with van der Waals surface area (Å²) in [6, 6.07) is 4.50. The molecule has 0 aliphatic carbocycles. The quantitative estimate of drug-likeness (QED) is 0.305. The van der Waals surface area contributed by atoms with Crippen LogP contribution in [0.25, 0.3) is 0 Å². The van der Waals surface area contributed by atoms with Crippen LogP contribution in [-0.4, -0.2) is 37.2 Å². The average Bonchev–Trinajstić information content (AvgIpc) is 2.52. The SMILES string of the molecule is CCCC(NC(=O)c1c(OC)cccc1OC)/C(N)=N/O. The van der Waals surface area contributed by atoms with E-state index in [4.69, 9.17) is 20.4 Å². The summed E-state index contributed by atoms with van der Waals surface area (Å²) >= 11 is 0. The molecule has 0 heterocycles. The highest BCUT2D eigenvalue weighted by atomic mass is 16.5. The first-order valence-electron chi connectivity index (χ1n) is 6.58. The zero-order chi connectivity index (χ0) is 15.8. The van der Waals surface area contributed by atoms with E-state index in [9.17, 15) is 4.79 Å². The highest BCUT2D eigenvalue weighted by Gasteiger charge is 2.22. The van der Waals surface area contributed by atoms with E-state index in [0.717, 1.165) is 6.42 Å². The zero-order valence-corrected chi connectivity index (χ0v) is 12.4. The van der Waals surface area contributed by atoms with Crippen molar-refractivity contribution in [2.75, 3.05) is 14.2 Å². The molecule has 1 amide bonds. The summed E-state index contributed by atoms with van der Waals surface area (Å²) in [6.07, 6.45) is 1.32. The summed E-state index contributed by atoms with van der Waals surface area (Å²) in [5.74, 6) is 0.330. The molecular formula is C14H21N3O4. The summed E-state index contributed by atoms with van der Waals surface area (Å²) in [5, 5.41) is 14.5. The van der Waals surface area contributed by atoms with Crippen LogP contribution < -0.4 is 20.5 Å². The summed E-state index contributed by atoms with van der Waals surface area (Å²) in [7, 11) is 2.94. The summed E-state index contributed by atoms with van der Waals surface area (Å²) in [6.45, 7) is 1.94. The molecule has 0 spiro atoms. The van der Waals surface area contributed by atoms with E-state index in [2.05, 4.69) is 10.5 Å². The second-order valence-electron chi connectivity index (χ2n) is 4.38. The normalized spacial score (nSPS) is 12.6. The van der Waals surface area contributed by atoms with Crippen LogP contribution in [0.3, 0.4) is 0 Å². The number of nitrogens with two attached hydrogens (primary N) is 1. The fraction of sp³-hybridized carbons (Fsp3) is 0.429. The number of nitrogens with zero attached hydrogens (tertiary/aromatic N) is 1. The van der Waals surface area contributed by atoms with Crippen molar-refractivity contribution in [3.05, 3.63) is 23.8 Å². The second kappa shape index (κ2) is 7.98. The topological polar surface area (TPSA) is 106 Å². The third-order valence-corrected chi connectivity index (χ3v) is 3.01. The Hall–Kier alpha value is -2.44. The molecule has 116 valence electrons. The van der Waals surface area contributed by atoms with Crippen LogP contribution in [0, 0.1) is 0 Å². The van der Waals surface area contributed by atoms with Gasteiger partial charge in [-0.2, -0.15) is 0 Å². The standard InChI is InChI=1S/C14H21N3O4/c1-4-6-9(13(15)17-19)16-14(18)12-10(20-2)7-5-8-11(12)21-3/h5,7-9,19H,4,6H2,1-3H3,(H2,15,17)(H,16,18). The van der Waals surface area contributed by atoms with Crippen LogP contribution in [0.2, 0.25) is 0 Å². The number of ether oxygens (including phenoxy) is 2. The number of benzene rings is 1. The van der Waals surface area contributed by atoms with E-state index in [1.165, 1.54) is 14.2 Å². The molecule has 1 rings (SSSR count). The number of nitrogens with one attached hydrogen (secondary N) is 1. The lowest BCUT2D eigenvalue weighted by Crippen LogP contribution is -2.44. The fourth-order valence-electron chi connectivity index (χ4n) is 1.96. The van der Waals surface area contributed by atoms with E-state index in [1.54, 1.807) is 18.2 Å². The molecule has 0 aromatic heterocycles. The summed E-state index contributed by atoms with van der Waals surface area (Å²) < 4.78 is 10.4. The second-order valence-corrected chi connectivity index (χ2v) is 4.38. The van der Waals surface area contributed by atoms with Gasteiger partial charge in [-0.15, -0.1) is 0 Å². The number of methoxy groups -OCH3 is 2. The summed E-state index contributed by atoms with van der Waals surface area (Å²) in [4.78, 5) is 12.4. The molecule has 1 unspecified atom stereocenters. The van der Waals surface area contributed by atoms with Gasteiger partial charge in [-0.3, -0.25) is 4.79 Å². The van der Waals surface area contributed by atoms with Crippen LogP contribution in [-0.2, 0) is 0 Å². The van der Waals surface area contributed by atoms with Gasteiger partial charge in [0.25, 0.3) is 5.91 Å².